The molecule has 4 heterocycles. The monoisotopic (exact) mass is 491 g/mol. The zero-order valence-corrected chi connectivity index (χ0v) is 20.6. The lowest BCUT2D eigenvalue weighted by atomic mass is 9.84. The van der Waals surface area contributed by atoms with Crippen LogP contribution in [0.3, 0.4) is 0 Å². The van der Waals surface area contributed by atoms with Gasteiger partial charge in [-0.15, -0.1) is 0 Å². The Bertz CT molecular complexity index is 1390. The number of nitrogens with one attached hydrogen (secondary N) is 3. The van der Waals surface area contributed by atoms with E-state index in [0.29, 0.717) is 18.1 Å². The number of carbonyl (C=O) groups excluding carboxylic acids is 2. The molecule has 9 heteroatoms. The molecule has 35 heavy (non-hydrogen) atoms. The van der Waals surface area contributed by atoms with Crippen molar-refractivity contribution >= 4 is 40.6 Å². The van der Waals surface area contributed by atoms with Gasteiger partial charge in [0, 0.05) is 35.8 Å². The summed E-state index contributed by atoms with van der Waals surface area (Å²) < 4.78 is 4.90. The lowest BCUT2D eigenvalue weighted by Crippen LogP contribution is -2.24. The minimum Gasteiger partial charge on any atom is -0.465 e. The minimum absolute atomic E-state index is 0.0243. The van der Waals surface area contributed by atoms with Crippen molar-refractivity contribution in [1.82, 2.24) is 20.3 Å². The number of nitrogens with zero attached hydrogens (tertiary/aromatic N) is 2. The number of aryl methyl sites for hydroxylation is 1. The Kier molecular flexibility index (Phi) is 5.84. The van der Waals surface area contributed by atoms with Crippen molar-refractivity contribution in [2.24, 2.45) is 0 Å². The predicted octanol–water partition coefficient (Wildman–Crippen LogP) is 5.02. The van der Waals surface area contributed by atoms with Gasteiger partial charge in [-0.05, 0) is 54.9 Å². The Morgan fingerprint density at radius 1 is 1.26 bits per heavy atom. The summed E-state index contributed by atoms with van der Waals surface area (Å²) in [5.41, 5.74) is 8.04. The van der Waals surface area contributed by atoms with Gasteiger partial charge >= 0.3 is 5.97 Å². The molecule has 1 aliphatic carbocycles. The summed E-state index contributed by atoms with van der Waals surface area (Å²) in [6.07, 6.45) is 5.60. The number of fused-ring (bicyclic) bond motifs is 5. The Labute approximate surface area is 208 Å². The van der Waals surface area contributed by atoms with Gasteiger partial charge in [0.15, 0.2) is 0 Å². The van der Waals surface area contributed by atoms with Crippen LogP contribution in [0.1, 0.15) is 69.3 Å². The zero-order chi connectivity index (χ0) is 24.9. The fourth-order valence-electron chi connectivity index (χ4n) is 5.02. The SMILES string of the molecule is C=C(C)c1c(Nc2cc(Cl)ncc2C(=O)OC)ncc2c1-c1[nH]c3c(c1CC2)C(=O)NCCC3C. The van der Waals surface area contributed by atoms with Crippen LogP contribution in [0.4, 0.5) is 11.5 Å². The van der Waals surface area contributed by atoms with Gasteiger partial charge in [-0.1, -0.05) is 25.1 Å². The molecule has 0 saturated carbocycles. The van der Waals surface area contributed by atoms with Gasteiger partial charge in [0.2, 0.25) is 0 Å². The molecule has 3 aromatic rings. The fourth-order valence-corrected chi connectivity index (χ4v) is 5.17. The van der Waals surface area contributed by atoms with Crippen LogP contribution >= 0.6 is 11.6 Å². The van der Waals surface area contributed by atoms with Crippen molar-refractivity contribution < 1.29 is 14.3 Å². The third-order valence-electron chi connectivity index (χ3n) is 6.72. The van der Waals surface area contributed by atoms with E-state index in [1.165, 1.54) is 13.3 Å². The summed E-state index contributed by atoms with van der Waals surface area (Å²) in [6.45, 7) is 8.95. The molecule has 3 N–H and O–H groups in total. The van der Waals surface area contributed by atoms with Crippen LogP contribution in [-0.2, 0) is 17.6 Å². The summed E-state index contributed by atoms with van der Waals surface area (Å²) >= 11 is 6.13. The molecular formula is C26H26ClN5O3. The van der Waals surface area contributed by atoms with Crippen molar-refractivity contribution in [3.8, 4) is 11.3 Å². The summed E-state index contributed by atoms with van der Waals surface area (Å²) in [4.78, 5) is 37.6. The maximum atomic E-state index is 12.9. The van der Waals surface area contributed by atoms with Gasteiger partial charge in [0.1, 0.15) is 16.5 Å². The van der Waals surface area contributed by atoms with Gasteiger partial charge in [-0.2, -0.15) is 0 Å². The second-order valence-corrected chi connectivity index (χ2v) is 9.43. The molecule has 1 atom stereocenters. The lowest BCUT2D eigenvalue weighted by molar-refractivity contribution is 0.0601. The molecule has 2 aliphatic rings. The molecular weight excluding hydrogens is 466 g/mol. The van der Waals surface area contributed by atoms with E-state index in [0.717, 1.165) is 64.0 Å². The van der Waals surface area contributed by atoms with Crippen LogP contribution in [0.5, 0.6) is 0 Å². The molecule has 1 amide bonds. The number of esters is 1. The molecule has 180 valence electrons. The highest BCUT2D eigenvalue weighted by atomic mass is 35.5. The van der Waals surface area contributed by atoms with E-state index in [2.05, 4.69) is 39.1 Å². The highest BCUT2D eigenvalue weighted by Gasteiger charge is 2.33. The second kappa shape index (κ2) is 8.85. The third kappa shape index (κ3) is 3.87. The first kappa shape index (κ1) is 23.1. The highest BCUT2D eigenvalue weighted by molar-refractivity contribution is 6.29. The molecule has 0 radical (unpaired) electrons. The molecule has 3 aromatic heterocycles. The molecule has 0 bridgehead atoms. The van der Waals surface area contributed by atoms with E-state index in [-0.39, 0.29) is 22.5 Å². The second-order valence-electron chi connectivity index (χ2n) is 9.04. The average molecular weight is 492 g/mol. The van der Waals surface area contributed by atoms with E-state index in [4.69, 9.17) is 16.3 Å². The normalized spacial score (nSPS) is 16.3. The number of ether oxygens (including phenoxy) is 1. The van der Waals surface area contributed by atoms with Gasteiger partial charge in [0.25, 0.3) is 5.91 Å². The number of hydrogen-bond acceptors (Lipinski definition) is 6. The maximum Gasteiger partial charge on any atom is 0.341 e. The van der Waals surface area contributed by atoms with Gasteiger partial charge < -0.3 is 20.4 Å². The Hall–Kier alpha value is -3.65. The van der Waals surface area contributed by atoms with Crippen molar-refractivity contribution in [3.63, 3.8) is 0 Å². The number of hydrogen-bond donors (Lipinski definition) is 3. The van der Waals surface area contributed by atoms with Crippen LogP contribution in [0.15, 0.2) is 25.0 Å². The highest BCUT2D eigenvalue weighted by Crippen LogP contribution is 2.44. The Morgan fingerprint density at radius 3 is 2.80 bits per heavy atom. The fraction of sp³-hybridized carbons (Fsp3) is 0.308. The van der Waals surface area contributed by atoms with Crippen molar-refractivity contribution in [3.05, 3.63) is 63.7 Å². The van der Waals surface area contributed by atoms with E-state index < -0.39 is 5.97 Å². The number of halogens is 1. The standard InChI is InChI=1S/C26H26ClN5O3/c1-12(2)19-20-14(5-6-15-21-22(32-23(15)20)13(3)7-8-28-25(21)33)10-30-24(19)31-17-9-18(27)29-11-16(17)26(34)35-4/h9-11,13,32H,1,5-8H2,2-4H3,(H,28,33)(H,29,30,31). The van der Waals surface area contributed by atoms with E-state index >= 15 is 0 Å². The number of H-pyrrole nitrogens is 1. The van der Waals surface area contributed by atoms with Crippen LogP contribution in [-0.4, -0.2) is 40.5 Å². The summed E-state index contributed by atoms with van der Waals surface area (Å²) in [5.74, 6) is 0.191. The van der Waals surface area contributed by atoms with Gasteiger partial charge in [0.05, 0.1) is 24.1 Å². The molecule has 5 rings (SSSR count). The van der Waals surface area contributed by atoms with Crippen molar-refractivity contribution in [2.75, 3.05) is 19.0 Å². The number of anilines is 2. The number of allylic oxidation sites excluding steroid dienone is 1. The van der Waals surface area contributed by atoms with E-state index in [1.54, 1.807) is 6.07 Å². The first-order chi connectivity index (χ1) is 16.8. The molecule has 0 aromatic carbocycles. The summed E-state index contributed by atoms with van der Waals surface area (Å²) in [6, 6.07) is 1.56. The number of pyridine rings is 2. The lowest BCUT2D eigenvalue weighted by Gasteiger charge is -2.23. The molecule has 1 unspecified atom stereocenters. The smallest absolute Gasteiger partial charge is 0.341 e. The molecule has 0 fully saturated rings. The number of rotatable bonds is 4. The molecule has 1 aliphatic heterocycles. The van der Waals surface area contributed by atoms with Crippen molar-refractivity contribution in [1.29, 1.82) is 0 Å². The van der Waals surface area contributed by atoms with Crippen LogP contribution in [0.25, 0.3) is 16.8 Å². The number of aromatic amines is 1. The van der Waals surface area contributed by atoms with Crippen LogP contribution < -0.4 is 10.6 Å². The number of aromatic nitrogens is 3. The van der Waals surface area contributed by atoms with E-state index in [1.807, 2.05) is 13.1 Å². The summed E-state index contributed by atoms with van der Waals surface area (Å²) in [5, 5.41) is 6.52. The van der Waals surface area contributed by atoms with E-state index in [9.17, 15) is 9.59 Å². The number of amides is 1. The Balaban J connectivity index is 1.69. The largest absolute Gasteiger partial charge is 0.465 e. The number of carbonyl (C=O) groups is 2. The van der Waals surface area contributed by atoms with Crippen LogP contribution in [0, 0.1) is 0 Å². The van der Waals surface area contributed by atoms with Gasteiger partial charge in [-0.3, -0.25) is 4.79 Å². The Morgan fingerprint density at radius 2 is 2.06 bits per heavy atom. The predicted molar refractivity (Wildman–Crippen MR) is 135 cm³/mol. The molecule has 0 saturated heterocycles. The quantitative estimate of drug-likeness (QED) is 0.349. The minimum atomic E-state index is -0.540. The molecule has 0 spiro atoms. The third-order valence-corrected chi connectivity index (χ3v) is 6.93. The van der Waals surface area contributed by atoms with Crippen molar-refractivity contribution in [2.45, 2.75) is 39.0 Å². The summed E-state index contributed by atoms with van der Waals surface area (Å²) in [7, 11) is 1.31. The maximum absolute atomic E-state index is 12.9. The molecule has 8 nitrogen and oxygen atoms in total. The first-order valence-electron chi connectivity index (χ1n) is 11.5. The zero-order valence-electron chi connectivity index (χ0n) is 19.8. The first-order valence-corrected chi connectivity index (χ1v) is 11.9. The van der Waals surface area contributed by atoms with Crippen LogP contribution in [0.2, 0.25) is 5.15 Å². The number of methoxy groups -OCH3 is 1. The topological polar surface area (TPSA) is 109 Å². The average Bonchev–Trinajstić information content (AvgIpc) is 3.17. The van der Waals surface area contributed by atoms with Gasteiger partial charge in [-0.25, -0.2) is 14.8 Å².